The second-order valence-electron chi connectivity index (χ2n) is 2.89. The molecule has 12 heavy (non-hydrogen) atoms. The maximum Gasteiger partial charge on any atom is -0.0165 e. The zero-order chi connectivity index (χ0) is 8.97. The second kappa shape index (κ2) is 4.53. The predicted octanol–water partition coefficient (Wildman–Crippen LogP) is 2.21. The van der Waals surface area contributed by atoms with E-state index in [1.165, 1.54) is 11.1 Å². The van der Waals surface area contributed by atoms with Gasteiger partial charge in [0.25, 0.3) is 0 Å². The van der Waals surface area contributed by atoms with Gasteiger partial charge in [-0.2, -0.15) is 0 Å². The Morgan fingerprint density at radius 3 is 1.83 bits per heavy atom. The largest absolute Gasteiger partial charge is 0.702 e. The SMILES string of the molecule is C=CC1=C(C=C)CCN([S-])CC1. The van der Waals surface area contributed by atoms with Gasteiger partial charge in [0.1, 0.15) is 0 Å². The van der Waals surface area contributed by atoms with Gasteiger partial charge in [-0.3, -0.25) is 0 Å². The van der Waals surface area contributed by atoms with Crippen LogP contribution in [-0.4, -0.2) is 17.4 Å². The van der Waals surface area contributed by atoms with Crippen molar-refractivity contribution in [2.24, 2.45) is 0 Å². The highest BCUT2D eigenvalue weighted by Gasteiger charge is 2.05. The fourth-order valence-electron chi connectivity index (χ4n) is 1.39. The molecule has 2 heteroatoms. The lowest BCUT2D eigenvalue weighted by Gasteiger charge is -2.26. The Bertz CT molecular complexity index is 196. The molecule has 0 aliphatic carbocycles. The Kier molecular flexibility index (Phi) is 3.63. The fraction of sp³-hybridized carbons (Fsp3) is 0.400. The summed E-state index contributed by atoms with van der Waals surface area (Å²) in [5.41, 5.74) is 2.61. The number of rotatable bonds is 2. The molecule has 1 rings (SSSR count). The van der Waals surface area contributed by atoms with Crippen LogP contribution in [0, 0.1) is 0 Å². The molecule has 0 unspecified atom stereocenters. The van der Waals surface area contributed by atoms with Gasteiger partial charge in [0.15, 0.2) is 0 Å². The molecule has 0 saturated heterocycles. The molecule has 0 spiro atoms. The molecule has 0 fully saturated rings. The van der Waals surface area contributed by atoms with E-state index in [0.717, 1.165) is 25.9 Å². The molecule has 0 bridgehead atoms. The summed E-state index contributed by atoms with van der Waals surface area (Å²) in [6.45, 7) is 9.49. The molecule has 0 atom stereocenters. The molecule has 1 aliphatic heterocycles. The third-order valence-electron chi connectivity index (χ3n) is 2.17. The summed E-state index contributed by atoms with van der Waals surface area (Å²) in [5.74, 6) is 0. The molecule has 1 aliphatic rings. The molecule has 0 N–H and O–H groups in total. The highest BCUT2D eigenvalue weighted by molar-refractivity contribution is 7.55. The third-order valence-corrected chi connectivity index (χ3v) is 2.53. The Hall–Kier alpha value is -0.470. The zero-order valence-electron chi connectivity index (χ0n) is 7.25. The van der Waals surface area contributed by atoms with Crippen LogP contribution in [0.4, 0.5) is 0 Å². The van der Waals surface area contributed by atoms with Crippen molar-refractivity contribution in [1.82, 2.24) is 4.31 Å². The van der Waals surface area contributed by atoms with Crippen molar-refractivity contribution >= 4 is 12.8 Å². The van der Waals surface area contributed by atoms with Gasteiger partial charge in [-0.25, -0.2) is 0 Å². The van der Waals surface area contributed by atoms with Gasteiger partial charge in [-0.05, 0) is 37.1 Å². The summed E-state index contributed by atoms with van der Waals surface area (Å²) in [7, 11) is 0. The first kappa shape index (κ1) is 9.62. The van der Waals surface area contributed by atoms with E-state index in [4.69, 9.17) is 12.8 Å². The van der Waals surface area contributed by atoms with Gasteiger partial charge in [-0.1, -0.05) is 25.3 Å². The molecule has 1 heterocycles. The van der Waals surface area contributed by atoms with Gasteiger partial charge in [0, 0.05) is 0 Å². The van der Waals surface area contributed by atoms with Gasteiger partial charge in [0.2, 0.25) is 0 Å². The van der Waals surface area contributed by atoms with Crippen LogP contribution in [0.1, 0.15) is 12.8 Å². The van der Waals surface area contributed by atoms with Crippen molar-refractivity contribution in [3.8, 4) is 0 Å². The van der Waals surface area contributed by atoms with Crippen LogP contribution in [0.25, 0.3) is 0 Å². The minimum Gasteiger partial charge on any atom is -0.702 e. The summed E-state index contributed by atoms with van der Waals surface area (Å²) in [6.07, 6.45) is 5.86. The van der Waals surface area contributed by atoms with Crippen molar-refractivity contribution in [1.29, 1.82) is 0 Å². The molecular weight excluding hydrogens is 166 g/mol. The van der Waals surface area contributed by atoms with E-state index >= 15 is 0 Å². The van der Waals surface area contributed by atoms with Crippen LogP contribution < -0.4 is 0 Å². The minimum absolute atomic E-state index is 0.952. The predicted molar refractivity (Wildman–Crippen MR) is 55.6 cm³/mol. The van der Waals surface area contributed by atoms with Gasteiger partial charge < -0.3 is 17.1 Å². The van der Waals surface area contributed by atoms with Crippen molar-refractivity contribution in [3.05, 3.63) is 36.5 Å². The molecule has 1 nitrogen and oxygen atoms in total. The van der Waals surface area contributed by atoms with Gasteiger partial charge in [0.05, 0.1) is 0 Å². The van der Waals surface area contributed by atoms with E-state index in [-0.39, 0.29) is 0 Å². The summed E-state index contributed by atoms with van der Waals surface area (Å²) < 4.78 is 1.93. The van der Waals surface area contributed by atoms with Crippen LogP contribution in [-0.2, 0) is 12.8 Å². The Labute approximate surface area is 80.0 Å². The van der Waals surface area contributed by atoms with E-state index in [9.17, 15) is 0 Å². The van der Waals surface area contributed by atoms with E-state index in [2.05, 4.69) is 13.2 Å². The van der Waals surface area contributed by atoms with Crippen LogP contribution in [0.15, 0.2) is 36.5 Å². The topological polar surface area (TPSA) is 3.24 Å². The maximum absolute atomic E-state index is 5.12. The summed E-state index contributed by atoms with van der Waals surface area (Å²) in [5, 5.41) is 0. The summed E-state index contributed by atoms with van der Waals surface area (Å²) >= 11 is 5.12. The van der Waals surface area contributed by atoms with Crippen molar-refractivity contribution in [2.45, 2.75) is 12.8 Å². The van der Waals surface area contributed by atoms with Crippen molar-refractivity contribution in [3.63, 3.8) is 0 Å². The summed E-state index contributed by atoms with van der Waals surface area (Å²) in [4.78, 5) is 0. The van der Waals surface area contributed by atoms with Crippen LogP contribution in [0.3, 0.4) is 0 Å². The van der Waals surface area contributed by atoms with Crippen molar-refractivity contribution in [2.75, 3.05) is 13.1 Å². The third kappa shape index (κ3) is 2.26. The number of hydrogen-bond acceptors (Lipinski definition) is 2. The molecule has 0 aromatic rings. The zero-order valence-corrected chi connectivity index (χ0v) is 8.07. The first-order chi connectivity index (χ1) is 5.77. The molecule has 66 valence electrons. The first-order valence-corrected chi connectivity index (χ1v) is 4.53. The smallest absolute Gasteiger partial charge is 0.0165 e. The van der Waals surface area contributed by atoms with E-state index in [1.807, 2.05) is 16.5 Å². The lowest BCUT2D eigenvalue weighted by Crippen LogP contribution is -2.17. The molecule has 0 aromatic heterocycles. The molecule has 0 aromatic carbocycles. The molecule has 0 amide bonds. The highest BCUT2D eigenvalue weighted by Crippen LogP contribution is 2.19. The average molecular weight is 180 g/mol. The average Bonchev–Trinajstić information content (AvgIpc) is 2.27. The molecule has 0 saturated carbocycles. The maximum atomic E-state index is 5.12. The monoisotopic (exact) mass is 180 g/mol. The van der Waals surface area contributed by atoms with E-state index in [0.29, 0.717) is 0 Å². The highest BCUT2D eigenvalue weighted by atomic mass is 32.1. The fourth-order valence-corrected chi connectivity index (χ4v) is 1.57. The summed E-state index contributed by atoms with van der Waals surface area (Å²) in [6, 6.07) is 0. The number of nitrogens with zero attached hydrogens (tertiary/aromatic N) is 1. The lowest BCUT2D eigenvalue weighted by atomic mass is 10.0. The number of allylic oxidation sites excluding steroid dienone is 2. The van der Waals surface area contributed by atoms with Crippen LogP contribution in [0.5, 0.6) is 0 Å². The van der Waals surface area contributed by atoms with Gasteiger partial charge >= 0.3 is 0 Å². The van der Waals surface area contributed by atoms with E-state index in [1.54, 1.807) is 0 Å². The van der Waals surface area contributed by atoms with Crippen molar-refractivity contribution < 1.29 is 0 Å². The second-order valence-corrected chi connectivity index (χ2v) is 3.40. The Balaban J connectivity index is 2.78. The van der Waals surface area contributed by atoms with E-state index < -0.39 is 0 Å². The quantitative estimate of drug-likeness (QED) is 0.599. The number of hydrogen-bond donors (Lipinski definition) is 0. The Morgan fingerprint density at radius 1 is 1.08 bits per heavy atom. The van der Waals surface area contributed by atoms with Gasteiger partial charge in [-0.15, -0.1) is 0 Å². The van der Waals surface area contributed by atoms with Crippen LogP contribution in [0.2, 0.25) is 0 Å². The molecular formula is C10H14NS-. The normalized spacial score (nSPS) is 20.4. The van der Waals surface area contributed by atoms with Crippen LogP contribution >= 0.6 is 0 Å². The lowest BCUT2D eigenvalue weighted by molar-refractivity contribution is 0.498. The standard InChI is InChI=1S/C10H14NS/c1-3-9-5-7-11(12)8-6-10(9)4-2/h3-4H,1-2,5-8H2/q-1. The molecule has 0 radical (unpaired) electrons. The first-order valence-electron chi connectivity index (χ1n) is 4.17. The Morgan fingerprint density at radius 2 is 1.50 bits per heavy atom. The minimum atomic E-state index is 0.952.